The van der Waals surface area contributed by atoms with Crippen molar-refractivity contribution < 1.29 is 5.11 Å². The lowest BCUT2D eigenvalue weighted by Gasteiger charge is -2.39. The lowest BCUT2D eigenvalue weighted by Crippen LogP contribution is -2.49. The molecule has 0 amide bonds. The molecule has 0 unspecified atom stereocenters. The largest absolute Gasteiger partial charge is 0.392 e. The first-order valence-corrected chi connectivity index (χ1v) is 7.40. The number of hydrogen-bond donors (Lipinski definition) is 1. The van der Waals surface area contributed by atoms with E-state index >= 15 is 0 Å². The van der Waals surface area contributed by atoms with E-state index in [1.54, 1.807) is 0 Å². The number of aliphatic hydroxyl groups is 1. The Balaban J connectivity index is 1.92. The Morgan fingerprint density at radius 1 is 1.11 bits per heavy atom. The minimum atomic E-state index is -0.220. The molecule has 0 bridgehead atoms. The Hall–Kier alpha value is -0.900. The SMILES string of the molecule is CC[C@H](c1ccccc1)N1CCN(C[C@H](C)O)CC1. The number of aliphatic hydroxyl groups excluding tert-OH is 1. The van der Waals surface area contributed by atoms with Gasteiger partial charge in [0.1, 0.15) is 0 Å². The predicted octanol–water partition coefficient (Wildman–Crippen LogP) is 2.14. The van der Waals surface area contributed by atoms with E-state index in [1.165, 1.54) is 5.56 Å². The number of piperazine rings is 1. The van der Waals surface area contributed by atoms with E-state index in [0.29, 0.717) is 6.04 Å². The van der Waals surface area contributed by atoms with Gasteiger partial charge in [-0.2, -0.15) is 0 Å². The molecule has 1 fully saturated rings. The summed E-state index contributed by atoms with van der Waals surface area (Å²) in [6, 6.07) is 11.3. The fourth-order valence-electron chi connectivity index (χ4n) is 3.01. The third-order valence-electron chi connectivity index (χ3n) is 3.94. The molecule has 2 atom stereocenters. The first kappa shape index (κ1) is 14.5. The van der Waals surface area contributed by atoms with Gasteiger partial charge in [0.05, 0.1) is 6.10 Å². The average Bonchev–Trinajstić information content (AvgIpc) is 2.42. The second-order valence-electron chi connectivity index (χ2n) is 5.52. The summed E-state index contributed by atoms with van der Waals surface area (Å²) in [5, 5.41) is 9.45. The maximum Gasteiger partial charge on any atom is 0.0639 e. The van der Waals surface area contributed by atoms with Crippen LogP contribution in [0.15, 0.2) is 30.3 Å². The van der Waals surface area contributed by atoms with Crippen LogP contribution in [-0.2, 0) is 0 Å². The van der Waals surface area contributed by atoms with E-state index in [9.17, 15) is 5.11 Å². The molecule has 0 saturated carbocycles. The molecule has 0 aliphatic carbocycles. The van der Waals surface area contributed by atoms with Crippen LogP contribution in [-0.4, -0.2) is 53.7 Å². The number of hydrogen-bond acceptors (Lipinski definition) is 3. The van der Waals surface area contributed by atoms with Crippen LogP contribution in [0.4, 0.5) is 0 Å². The van der Waals surface area contributed by atoms with Gasteiger partial charge in [0.2, 0.25) is 0 Å². The minimum Gasteiger partial charge on any atom is -0.392 e. The minimum absolute atomic E-state index is 0.220. The zero-order chi connectivity index (χ0) is 13.7. The van der Waals surface area contributed by atoms with Gasteiger partial charge < -0.3 is 5.11 Å². The highest BCUT2D eigenvalue weighted by molar-refractivity contribution is 5.19. The maximum atomic E-state index is 9.45. The van der Waals surface area contributed by atoms with Crippen molar-refractivity contribution in [1.29, 1.82) is 0 Å². The topological polar surface area (TPSA) is 26.7 Å². The highest BCUT2D eigenvalue weighted by Crippen LogP contribution is 2.25. The molecule has 1 aromatic carbocycles. The first-order valence-electron chi connectivity index (χ1n) is 7.40. The summed E-state index contributed by atoms with van der Waals surface area (Å²) in [4.78, 5) is 4.94. The molecule has 106 valence electrons. The van der Waals surface area contributed by atoms with Gasteiger partial charge in [0, 0.05) is 38.8 Å². The van der Waals surface area contributed by atoms with Crippen molar-refractivity contribution in [2.75, 3.05) is 32.7 Å². The van der Waals surface area contributed by atoms with Gasteiger partial charge in [-0.25, -0.2) is 0 Å². The molecular formula is C16H26N2O. The molecular weight excluding hydrogens is 236 g/mol. The summed E-state index contributed by atoms with van der Waals surface area (Å²) < 4.78 is 0. The van der Waals surface area contributed by atoms with Gasteiger partial charge >= 0.3 is 0 Å². The zero-order valence-electron chi connectivity index (χ0n) is 12.1. The van der Waals surface area contributed by atoms with Gasteiger partial charge in [-0.1, -0.05) is 37.3 Å². The Morgan fingerprint density at radius 3 is 2.26 bits per heavy atom. The molecule has 1 aromatic rings. The summed E-state index contributed by atoms with van der Waals surface area (Å²) >= 11 is 0. The maximum absolute atomic E-state index is 9.45. The predicted molar refractivity (Wildman–Crippen MR) is 79.2 cm³/mol. The first-order chi connectivity index (χ1) is 9.20. The molecule has 1 heterocycles. The fraction of sp³-hybridized carbons (Fsp3) is 0.625. The van der Waals surface area contributed by atoms with Crippen LogP contribution in [0.25, 0.3) is 0 Å². The molecule has 3 heteroatoms. The van der Waals surface area contributed by atoms with Crippen LogP contribution in [0.1, 0.15) is 31.9 Å². The summed E-state index contributed by atoms with van der Waals surface area (Å²) in [6.45, 7) is 9.25. The standard InChI is InChI=1S/C16H26N2O/c1-3-16(15-7-5-4-6-8-15)18-11-9-17(10-12-18)13-14(2)19/h4-8,14,16,19H,3,9-13H2,1-2H3/t14-,16+/m0/s1. The van der Waals surface area contributed by atoms with Crippen molar-refractivity contribution in [2.24, 2.45) is 0 Å². The van der Waals surface area contributed by atoms with Crippen molar-refractivity contribution in [3.8, 4) is 0 Å². The van der Waals surface area contributed by atoms with Crippen LogP contribution >= 0.6 is 0 Å². The normalized spacial score (nSPS) is 21.2. The highest BCUT2D eigenvalue weighted by atomic mass is 16.3. The smallest absolute Gasteiger partial charge is 0.0639 e. The summed E-state index contributed by atoms with van der Waals surface area (Å²) in [5.41, 5.74) is 1.42. The monoisotopic (exact) mass is 262 g/mol. The second-order valence-corrected chi connectivity index (χ2v) is 5.52. The fourth-order valence-corrected chi connectivity index (χ4v) is 3.01. The number of benzene rings is 1. The Labute approximate surface area is 116 Å². The molecule has 3 nitrogen and oxygen atoms in total. The number of β-amino-alcohol motifs (C(OH)–C–C–N with tert-alkyl or cyclic N) is 1. The van der Waals surface area contributed by atoms with Crippen LogP contribution < -0.4 is 0 Å². The molecule has 1 aliphatic heterocycles. The third kappa shape index (κ3) is 4.03. The van der Waals surface area contributed by atoms with Crippen LogP contribution in [0.3, 0.4) is 0 Å². The van der Waals surface area contributed by atoms with Gasteiger partial charge in [-0.05, 0) is 18.9 Å². The van der Waals surface area contributed by atoms with E-state index in [4.69, 9.17) is 0 Å². The number of nitrogens with zero attached hydrogens (tertiary/aromatic N) is 2. The van der Waals surface area contributed by atoms with Crippen molar-refractivity contribution in [3.63, 3.8) is 0 Å². The molecule has 1 aliphatic rings. The van der Waals surface area contributed by atoms with E-state index in [0.717, 1.165) is 39.1 Å². The quantitative estimate of drug-likeness (QED) is 0.880. The summed E-state index contributed by atoms with van der Waals surface area (Å²) in [7, 11) is 0. The Bertz CT molecular complexity index is 358. The van der Waals surface area contributed by atoms with Crippen molar-refractivity contribution in [2.45, 2.75) is 32.4 Å². The van der Waals surface area contributed by atoms with E-state index < -0.39 is 0 Å². The van der Waals surface area contributed by atoms with Crippen molar-refractivity contribution >= 4 is 0 Å². The average molecular weight is 262 g/mol. The molecule has 1 saturated heterocycles. The molecule has 0 radical (unpaired) electrons. The molecule has 0 spiro atoms. The lowest BCUT2D eigenvalue weighted by atomic mass is 10.0. The van der Waals surface area contributed by atoms with Gasteiger partial charge in [-0.15, -0.1) is 0 Å². The van der Waals surface area contributed by atoms with Crippen molar-refractivity contribution in [1.82, 2.24) is 9.80 Å². The summed E-state index contributed by atoms with van der Waals surface area (Å²) in [6.07, 6.45) is 0.933. The van der Waals surface area contributed by atoms with Gasteiger partial charge in [-0.3, -0.25) is 9.80 Å². The second kappa shape index (κ2) is 7.04. The zero-order valence-corrected chi connectivity index (χ0v) is 12.1. The molecule has 2 rings (SSSR count). The molecule has 1 N–H and O–H groups in total. The van der Waals surface area contributed by atoms with E-state index in [-0.39, 0.29) is 6.10 Å². The van der Waals surface area contributed by atoms with E-state index in [2.05, 4.69) is 47.1 Å². The molecule has 19 heavy (non-hydrogen) atoms. The molecule has 0 aromatic heterocycles. The highest BCUT2D eigenvalue weighted by Gasteiger charge is 2.23. The van der Waals surface area contributed by atoms with Gasteiger partial charge in [0.15, 0.2) is 0 Å². The van der Waals surface area contributed by atoms with E-state index in [1.807, 2.05) is 6.92 Å². The van der Waals surface area contributed by atoms with Gasteiger partial charge in [0.25, 0.3) is 0 Å². The van der Waals surface area contributed by atoms with Crippen LogP contribution in [0, 0.1) is 0 Å². The van der Waals surface area contributed by atoms with Crippen LogP contribution in [0.2, 0.25) is 0 Å². The summed E-state index contributed by atoms with van der Waals surface area (Å²) in [5.74, 6) is 0. The van der Waals surface area contributed by atoms with Crippen LogP contribution in [0.5, 0.6) is 0 Å². The Kier molecular flexibility index (Phi) is 5.37. The lowest BCUT2D eigenvalue weighted by molar-refractivity contribution is 0.0608. The van der Waals surface area contributed by atoms with Crippen molar-refractivity contribution in [3.05, 3.63) is 35.9 Å². The number of rotatable bonds is 5. The third-order valence-corrected chi connectivity index (χ3v) is 3.94. The Morgan fingerprint density at radius 2 is 1.74 bits per heavy atom.